The number of rotatable bonds is 7. The summed E-state index contributed by atoms with van der Waals surface area (Å²) in [7, 11) is 0. The Morgan fingerprint density at radius 2 is 1.92 bits per heavy atom. The van der Waals surface area contributed by atoms with Crippen molar-refractivity contribution in [1.82, 2.24) is 20.1 Å². The first kappa shape index (κ1) is 16.6. The molecule has 0 aliphatic heterocycles. The number of aromatic amines is 1. The zero-order valence-corrected chi connectivity index (χ0v) is 13.9. The zero-order chi connectivity index (χ0) is 16.8. The molecule has 2 heterocycles. The van der Waals surface area contributed by atoms with Gasteiger partial charge in [-0.25, -0.2) is 0 Å². The van der Waals surface area contributed by atoms with Gasteiger partial charge < -0.3 is 5.11 Å². The molecule has 0 radical (unpaired) electrons. The van der Waals surface area contributed by atoms with Gasteiger partial charge in [0.1, 0.15) is 0 Å². The van der Waals surface area contributed by atoms with Crippen molar-refractivity contribution in [3.05, 3.63) is 71.1 Å². The van der Waals surface area contributed by atoms with Gasteiger partial charge in [-0.1, -0.05) is 29.8 Å². The summed E-state index contributed by atoms with van der Waals surface area (Å²) in [5.74, 6) is 0. The molecular weight excluding hydrogens is 324 g/mol. The van der Waals surface area contributed by atoms with Crippen molar-refractivity contribution in [3.8, 4) is 11.3 Å². The van der Waals surface area contributed by atoms with Crippen molar-refractivity contribution in [3.63, 3.8) is 0 Å². The highest BCUT2D eigenvalue weighted by molar-refractivity contribution is 6.30. The SMILES string of the molecule is OCCN(Cc1cccnc1)Cc1cn[nH]c1-c1ccc(Cl)cc1. The van der Waals surface area contributed by atoms with E-state index in [0.717, 1.165) is 28.9 Å². The van der Waals surface area contributed by atoms with Crippen LogP contribution in [0, 0.1) is 0 Å². The number of aliphatic hydroxyl groups excluding tert-OH is 1. The van der Waals surface area contributed by atoms with E-state index in [1.165, 1.54) is 0 Å². The van der Waals surface area contributed by atoms with Gasteiger partial charge in [-0.05, 0) is 29.3 Å². The third-order valence-corrected chi connectivity index (χ3v) is 4.04. The van der Waals surface area contributed by atoms with Gasteiger partial charge >= 0.3 is 0 Å². The zero-order valence-electron chi connectivity index (χ0n) is 13.2. The molecule has 2 N–H and O–H groups in total. The molecule has 2 aromatic heterocycles. The van der Waals surface area contributed by atoms with Gasteiger partial charge in [0, 0.05) is 42.6 Å². The van der Waals surface area contributed by atoms with Crippen molar-refractivity contribution in [2.24, 2.45) is 0 Å². The number of aromatic nitrogens is 3. The summed E-state index contributed by atoms with van der Waals surface area (Å²) in [6.07, 6.45) is 5.44. The van der Waals surface area contributed by atoms with Crippen molar-refractivity contribution in [2.45, 2.75) is 13.1 Å². The Labute approximate surface area is 145 Å². The van der Waals surface area contributed by atoms with E-state index >= 15 is 0 Å². The summed E-state index contributed by atoms with van der Waals surface area (Å²) in [5.41, 5.74) is 4.20. The number of H-pyrrole nitrogens is 1. The maximum absolute atomic E-state index is 9.36. The van der Waals surface area contributed by atoms with Crippen molar-refractivity contribution >= 4 is 11.6 Å². The van der Waals surface area contributed by atoms with E-state index in [9.17, 15) is 5.11 Å². The maximum atomic E-state index is 9.36. The largest absolute Gasteiger partial charge is 0.395 e. The fourth-order valence-electron chi connectivity index (χ4n) is 2.64. The van der Waals surface area contributed by atoms with E-state index in [0.29, 0.717) is 18.1 Å². The minimum absolute atomic E-state index is 0.106. The highest BCUT2D eigenvalue weighted by Crippen LogP contribution is 2.24. The number of hydrogen-bond acceptors (Lipinski definition) is 4. The molecule has 0 amide bonds. The highest BCUT2D eigenvalue weighted by Gasteiger charge is 2.13. The molecule has 0 aliphatic carbocycles. The van der Waals surface area contributed by atoms with Gasteiger partial charge in [-0.3, -0.25) is 15.0 Å². The van der Waals surface area contributed by atoms with E-state index in [-0.39, 0.29) is 6.61 Å². The summed E-state index contributed by atoms with van der Waals surface area (Å²) in [4.78, 5) is 6.32. The monoisotopic (exact) mass is 342 g/mol. The van der Waals surface area contributed by atoms with Crippen molar-refractivity contribution < 1.29 is 5.11 Å². The van der Waals surface area contributed by atoms with Gasteiger partial charge in [0.15, 0.2) is 0 Å². The number of nitrogens with one attached hydrogen (secondary N) is 1. The first-order chi connectivity index (χ1) is 11.8. The Morgan fingerprint density at radius 3 is 2.62 bits per heavy atom. The van der Waals surface area contributed by atoms with E-state index in [2.05, 4.69) is 20.1 Å². The van der Waals surface area contributed by atoms with Crippen LogP contribution in [0.15, 0.2) is 55.0 Å². The number of benzene rings is 1. The molecule has 0 bridgehead atoms. The van der Waals surface area contributed by atoms with Gasteiger partial charge in [-0.15, -0.1) is 0 Å². The Kier molecular flexibility index (Phi) is 5.59. The third-order valence-electron chi connectivity index (χ3n) is 3.79. The van der Waals surface area contributed by atoms with Crippen LogP contribution >= 0.6 is 11.6 Å². The van der Waals surface area contributed by atoms with Crippen molar-refractivity contribution in [1.29, 1.82) is 0 Å². The van der Waals surface area contributed by atoms with Gasteiger partial charge in [0.25, 0.3) is 0 Å². The average molecular weight is 343 g/mol. The predicted octanol–water partition coefficient (Wildman–Crippen LogP) is 3.12. The molecule has 0 aliphatic rings. The molecule has 5 nitrogen and oxygen atoms in total. The topological polar surface area (TPSA) is 65.0 Å². The van der Waals surface area contributed by atoms with Crippen LogP contribution in [-0.4, -0.2) is 38.3 Å². The summed E-state index contributed by atoms with van der Waals surface area (Å²) >= 11 is 5.96. The lowest BCUT2D eigenvalue weighted by atomic mass is 10.1. The molecule has 0 unspecified atom stereocenters. The van der Waals surface area contributed by atoms with Crippen LogP contribution in [0.1, 0.15) is 11.1 Å². The minimum Gasteiger partial charge on any atom is -0.395 e. The van der Waals surface area contributed by atoms with Crippen LogP contribution in [0.2, 0.25) is 5.02 Å². The van der Waals surface area contributed by atoms with Crippen molar-refractivity contribution in [2.75, 3.05) is 13.2 Å². The quantitative estimate of drug-likeness (QED) is 0.692. The van der Waals surface area contributed by atoms with Crippen LogP contribution in [0.3, 0.4) is 0 Å². The first-order valence-corrected chi connectivity index (χ1v) is 8.14. The van der Waals surface area contributed by atoms with E-state index in [1.54, 1.807) is 6.20 Å². The highest BCUT2D eigenvalue weighted by atomic mass is 35.5. The van der Waals surface area contributed by atoms with Gasteiger partial charge in [0.2, 0.25) is 0 Å². The first-order valence-electron chi connectivity index (χ1n) is 7.76. The summed E-state index contributed by atoms with van der Waals surface area (Å²) < 4.78 is 0. The fraction of sp³-hybridized carbons (Fsp3) is 0.222. The fourth-order valence-corrected chi connectivity index (χ4v) is 2.77. The van der Waals surface area contributed by atoms with Crippen LogP contribution in [0.4, 0.5) is 0 Å². The molecule has 3 aromatic rings. The minimum atomic E-state index is 0.106. The molecule has 0 spiro atoms. The normalized spacial score (nSPS) is 11.1. The number of pyridine rings is 1. The van der Waals surface area contributed by atoms with Crippen LogP contribution in [0.5, 0.6) is 0 Å². The van der Waals surface area contributed by atoms with E-state index in [4.69, 9.17) is 11.6 Å². The number of nitrogens with zero attached hydrogens (tertiary/aromatic N) is 3. The number of halogens is 1. The van der Waals surface area contributed by atoms with Crippen LogP contribution in [-0.2, 0) is 13.1 Å². The molecule has 3 rings (SSSR count). The van der Waals surface area contributed by atoms with Crippen LogP contribution < -0.4 is 0 Å². The Hall–Kier alpha value is -2.21. The molecule has 124 valence electrons. The van der Waals surface area contributed by atoms with Gasteiger partial charge in [-0.2, -0.15) is 5.10 Å². The third kappa shape index (κ3) is 4.20. The molecule has 0 saturated carbocycles. The summed E-state index contributed by atoms with van der Waals surface area (Å²) in [5, 5.41) is 17.3. The average Bonchev–Trinajstić information content (AvgIpc) is 3.05. The number of hydrogen-bond donors (Lipinski definition) is 2. The Bertz CT molecular complexity index is 758. The molecule has 1 aromatic carbocycles. The second-order valence-corrected chi connectivity index (χ2v) is 6.01. The lowest BCUT2D eigenvalue weighted by molar-refractivity contribution is 0.184. The summed E-state index contributed by atoms with van der Waals surface area (Å²) in [6.45, 7) is 2.10. The molecule has 0 fully saturated rings. The van der Waals surface area contributed by atoms with Crippen LogP contribution in [0.25, 0.3) is 11.3 Å². The smallest absolute Gasteiger partial charge is 0.0695 e. The van der Waals surface area contributed by atoms with Gasteiger partial charge in [0.05, 0.1) is 18.5 Å². The maximum Gasteiger partial charge on any atom is 0.0695 e. The summed E-state index contributed by atoms with van der Waals surface area (Å²) in [6, 6.07) is 11.6. The second-order valence-electron chi connectivity index (χ2n) is 5.57. The Balaban J connectivity index is 1.78. The molecular formula is C18H19ClN4O. The lowest BCUT2D eigenvalue weighted by Gasteiger charge is -2.21. The molecule has 24 heavy (non-hydrogen) atoms. The lowest BCUT2D eigenvalue weighted by Crippen LogP contribution is -2.26. The van der Waals surface area contributed by atoms with E-state index < -0.39 is 0 Å². The Morgan fingerprint density at radius 1 is 1.08 bits per heavy atom. The second kappa shape index (κ2) is 8.06. The number of aliphatic hydroxyl groups is 1. The van der Waals surface area contributed by atoms with E-state index in [1.807, 2.05) is 48.8 Å². The predicted molar refractivity (Wildman–Crippen MR) is 94.5 cm³/mol. The molecule has 6 heteroatoms. The molecule has 0 saturated heterocycles. The standard InChI is InChI=1S/C18H19ClN4O/c19-17-5-3-15(4-6-17)18-16(11-21-22-18)13-23(8-9-24)12-14-2-1-7-20-10-14/h1-7,10-11,24H,8-9,12-13H2,(H,21,22). The molecule has 0 atom stereocenters.